The fourth-order valence-electron chi connectivity index (χ4n) is 1.80. The number of halogens is 1. The lowest BCUT2D eigenvalue weighted by atomic mass is 10.1. The van der Waals surface area contributed by atoms with E-state index < -0.39 is 11.8 Å². The van der Waals surface area contributed by atoms with Crippen molar-refractivity contribution in [2.24, 2.45) is 5.73 Å². The highest BCUT2D eigenvalue weighted by Gasteiger charge is 2.13. The molecule has 1 amide bonds. The van der Waals surface area contributed by atoms with E-state index in [1.165, 1.54) is 6.07 Å². The van der Waals surface area contributed by atoms with Crippen LogP contribution < -0.4 is 11.1 Å². The van der Waals surface area contributed by atoms with Crippen molar-refractivity contribution in [1.29, 1.82) is 0 Å². The molecule has 110 valence electrons. The van der Waals surface area contributed by atoms with Crippen molar-refractivity contribution in [3.8, 4) is 0 Å². The van der Waals surface area contributed by atoms with Gasteiger partial charge < -0.3 is 16.2 Å². The third kappa shape index (κ3) is 5.36. The third-order valence-electron chi connectivity index (χ3n) is 2.84. The topological polar surface area (TPSA) is 92.4 Å². The number of nitrogens with two attached hydrogens (primary N) is 1. The number of aromatic carboxylic acids is 1. The molecule has 0 saturated heterocycles. The summed E-state index contributed by atoms with van der Waals surface area (Å²) in [5.74, 6) is -2.20. The molecule has 20 heavy (non-hydrogen) atoms. The van der Waals surface area contributed by atoms with Gasteiger partial charge in [0.15, 0.2) is 0 Å². The van der Waals surface area contributed by atoms with Crippen LogP contribution in [0.25, 0.3) is 0 Å². The molecule has 0 aliphatic heterocycles. The maximum absolute atomic E-state index is 13.0. The van der Waals surface area contributed by atoms with Crippen molar-refractivity contribution in [1.82, 2.24) is 0 Å². The predicted molar refractivity (Wildman–Crippen MR) is 74.1 cm³/mol. The van der Waals surface area contributed by atoms with Crippen LogP contribution in [-0.4, -0.2) is 23.5 Å². The highest BCUT2D eigenvalue weighted by atomic mass is 19.1. The molecule has 0 heterocycles. The number of benzene rings is 1. The smallest absolute Gasteiger partial charge is 0.337 e. The molecule has 1 aromatic rings. The van der Waals surface area contributed by atoms with E-state index in [9.17, 15) is 14.0 Å². The molecule has 0 bridgehead atoms. The van der Waals surface area contributed by atoms with Gasteiger partial charge in [0, 0.05) is 6.42 Å². The zero-order chi connectivity index (χ0) is 15.0. The molecule has 0 aliphatic rings. The fourth-order valence-corrected chi connectivity index (χ4v) is 1.80. The van der Waals surface area contributed by atoms with Crippen LogP contribution in [0.3, 0.4) is 0 Å². The Morgan fingerprint density at radius 1 is 1.20 bits per heavy atom. The van der Waals surface area contributed by atoms with Gasteiger partial charge >= 0.3 is 5.97 Å². The summed E-state index contributed by atoms with van der Waals surface area (Å²) >= 11 is 0. The Hall–Kier alpha value is -1.95. The summed E-state index contributed by atoms with van der Waals surface area (Å²) < 4.78 is 13.0. The quantitative estimate of drug-likeness (QED) is 0.638. The minimum atomic E-state index is -1.28. The van der Waals surface area contributed by atoms with Gasteiger partial charge in [-0.3, -0.25) is 4.79 Å². The van der Waals surface area contributed by atoms with Crippen LogP contribution in [0.5, 0.6) is 0 Å². The van der Waals surface area contributed by atoms with Crippen LogP contribution in [0.15, 0.2) is 18.2 Å². The zero-order valence-corrected chi connectivity index (χ0v) is 11.2. The second-order valence-electron chi connectivity index (χ2n) is 4.50. The Morgan fingerprint density at radius 2 is 1.90 bits per heavy atom. The maximum Gasteiger partial charge on any atom is 0.337 e. The largest absolute Gasteiger partial charge is 0.478 e. The normalized spacial score (nSPS) is 10.3. The number of carbonyl (C=O) groups is 2. The van der Waals surface area contributed by atoms with Crippen LogP contribution >= 0.6 is 0 Å². The fraction of sp³-hybridized carbons (Fsp3) is 0.429. The molecule has 4 N–H and O–H groups in total. The predicted octanol–water partition coefficient (Wildman–Crippen LogP) is 2.37. The number of carboxylic acid groups (broad SMARTS) is 1. The maximum atomic E-state index is 13.0. The molecule has 0 aliphatic carbocycles. The van der Waals surface area contributed by atoms with Crippen molar-refractivity contribution in [2.75, 3.05) is 11.9 Å². The van der Waals surface area contributed by atoms with Crippen molar-refractivity contribution in [3.05, 3.63) is 29.6 Å². The lowest BCUT2D eigenvalue weighted by Gasteiger charge is -2.08. The van der Waals surface area contributed by atoms with E-state index in [0.29, 0.717) is 13.0 Å². The molecule has 0 saturated carbocycles. The number of unbranched alkanes of at least 4 members (excludes halogenated alkanes) is 3. The monoisotopic (exact) mass is 282 g/mol. The van der Waals surface area contributed by atoms with Crippen molar-refractivity contribution in [2.45, 2.75) is 32.1 Å². The molecule has 1 rings (SSSR count). The Balaban J connectivity index is 2.51. The van der Waals surface area contributed by atoms with E-state index in [4.69, 9.17) is 10.8 Å². The molecule has 0 fully saturated rings. The number of hydrogen-bond donors (Lipinski definition) is 3. The lowest BCUT2D eigenvalue weighted by Crippen LogP contribution is -2.14. The molecule has 1 aromatic carbocycles. The molecule has 0 radical (unpaired) electrons. The van der Waals surface area contributed by atoms with Gasteiger partial charge in [0.2, 0.25) is 5.91 Å². The average Bonchev–Trinajstić information content (AvgIpc) is 2.40. The second kappa shape index (κ2) is 8.27. The van der Waals surface area contributed by atoms with Crippen LogP contribution in [0.4, 0.5) is 10.1 Å². The van der Waals surface area contributed by atoms with Crippen molar-refractivity contribution in [3.63, 3.8) is 0 Å². The minimum Gasteiger partial charge on any atom is -0.478 e. The summed E-state index contributed by atoms with van der Waals surface area (Å²) in [4.78, 5) is 22.6. The SMILES string of the molecule is NCCCCCCC(=O)Nc1ccc(F)cc1C(=O)O. The first kappa shape index (κ1) is 16.1. The number of carboxylic acids is 1. The van der Waals surface area contributed by atoms with Crippen LogP contribution in [0, 0.1) is 5.82 Å². The van der Waals surface area contributed by atoms with Crippen molar-refractivity contribution < 1.29 is 19.1 Å². The summed E-state index contributed by atoms with van der Waals surface area (Å²) in [6.45, 7) is 0.643. The molecular weight excluding hydrogens is 263 g/mol. The summed E-state index contributed by atoms with van der Waals surface area (Å²) in [6.07, 6.45) is 3.83. The Bertz CT molecular complexity index is 477. The summed E-state index contributed by atoms with van der Waals surface area (Å²) in [7, 11) is 0. The van der Waals surface area contributed by atoms with E-state index >= 15 is 0 Å². The number of carbonyl (C=O) groups excluding carboxylic acids is 1. The second-order valence-corrected chi connectivity index (χ2v) is 4.50. The number of amides is 1. The number of anilines is 1. The minimum absolute atomic E-state index is 0.117. The standard InChI is InChI=1S/C14H19FN2O3/c15-10-6-7-12(11(9-10)14(19)20)17-13(18)5-3-1-2-4-8-16/h6-7,9H,1-5,8,16H2,(H,17,18)(H,19,20). The van der Waals surface area contributed by atoms with E-state index in [0.717, 1.165) is 37.8 Å². The van der Waals surface area contributed by atoms with Gasteiger partial charge in [-0.15, -0.1) is 0 Å². The van der Waals surface area contributed by atoms with Gasteiger partial charge in [-0.1, -0.05) is 12.8 Å². The first-order valence-corrected chi connectivity index (χ1v) is 6.57. The Kier molecular flexibility index (Phi) is 6.66. The van der Waals surface area contributed by atoms with Gasteiger partial charge in [0.1, 0.15) is 5.82 Å². The Morgan fingerprint density at radius 3 is 2.55 bits per heavy atom. The van der Waals surface area contributed by atoms with Crippen molar-refractivity contribution >= 4 is 17.6 Å². The molecular formula is C14H19FN2O3. The average molecular weight is 282 g/mol. The summed E-state index contributed by atoms with van der Waals surface area (Å²) in [5.41, 5.74) is 5.23. The molecule has 0 aromatic heterocycles. The van der Waals surface area contributed by atoms with E-state index in [-0.39, 0.29) is 17.2 Å². The highest BCUT2D eigenvalue weighted by molar-refractivity contribution is 6.00. The molecule has 5 nitrogen and oxygen atoms in total. The molecule has 0 unspecified atom stereocenters. The number of rotatable bonds is 8. The van der Waals surface area contributed by atoms with Crippen LogP contribution in [0.2, 0.25) is 0 Å². The first-order chi connectivity index (χ1) is 9.54. The van der Waals surface area contributed by atoms with Gasteiger partial charge in [0.25, 0.3) is 0 Å². The lowest BCUT2D eigenvalue weighted by molar-refractivity contribution is -0.116. The Labute approximate surface area is 117 Å². The molecule has 0 atom stereocenters. The number of hydrogen-bond acceptors (Lipinski definition) is 3. The van der Waals surface area contributed by atoms with E-state index in [1.807, 2.05) is 0 Å². The summed E-state index contributed by atoms with van der Waals surface area (Å²) in [6, 6.07) is 3.26. The van der Waals surface area contributed by atoms with Gasteiger partial charge in [-0.05, 0) is 37.6 Å². The third-order valence-corrected chi connectivity index (χ3v) is 2.84. The number of nitrogens with one attached hydrogen (secondary N) is 1. The highest BCUT2D eigenvalue weighted by Crippen LogP contribution is 2.17. The van der Waals surface area contributed by atoms with Gasteiger partial charge in [-0.2, -0.15) is 0 Å². The molecule has 0 spiro atoms. The molecule has 6 heteroatoms. The zero-order valence-electron chi connectivity index (χ0n) is 11.2. The van der Waals surface area contributed by atoms with E-state index in [2.05, 4.69) is 5.32 Å². The van der Waals surface area contributed by atoms with Gasteiger partial charge in [0.05, 0.1) is 11.3 Å². The summed E-state index contributed by atoms with van der Waals surface area (Å²) in [5, 5.41) is 11.4. The van der Waals surface area contributed by atoms with Gasteiger partial charge in [-0.25, -0.2) is 9.18 Å². The van der Waals surface area contributed by atoms with E-state index in [1.54, 1.807) is 0 Å². The van der Waals surface area contributed by atoms with Crippen LogP contribution in [-0.2, 0) is 4.79 Å². The first-order valence-electron chi connectivity index (χ1n) is 6.57. The van der Waals surface area contributed by atoms with Crippen LogP contribution in [0.1, 0.15) is 42.5 Å².